The standard InChI is InChI=1S/C47H29NO/c1-3-14-30(15-4-1)48(31-16-5-2-6-17-31)42-29-27-37-44-36(42)21-13-24-40(44)47(38-22-10-7-18-32(38)33-19-8-11-23-39(33)47)41-28-26-35-34-20-9-12-25-43(34)49-46(35)45(37)41/h1-29H. The third kappa shape index (κ3) is 3.40. The van der Waals surface area contributed by atoms with Gasteiger partial charge in [-0.05, 0) is 80.7 Å². The van der Waals surface area contributed by atoms with Gasteiger partial charge in [0, 0.05) is 33.1 Å². The van der Waals surface area contributed by atoms with E-state index in [-0.39, 0.29) is 0 Å². The van der Waals surface area contributed by atoms with Crippen molar-refractivity contribution in [1.82, 2.24) is 0 Å². The van der Waals surface area contributed by atoms with Gasteiger partial charge in [0.2, 0.25) is 0 Å². The van der Waals surface area contributed by atoms with E-state index in [0.717, 1.165) is 39.0 Å². The molecule has 0 amide bonds. The van der Waals surface area contributed by atoms with E-state index >= 15 is 0 Å². The predicted octanol–water partition coefficient (Wildman–Crippen LogP) is 12.6. The van der Waals surface area contributed by atoms with Crippen LogP contribution in [0, 0.1) is 0 Å². The Morgan fingerprint density at radius 1 is 0.388 bits per heavy atom. The number of hydrogen-bond donors (Lipinski definition) is 0. The van der Waals surface area contributed by atoms with Gasteiger partial charge in [0.1, 0.15) is 11.2 Å². The molecule has 0 bridgehead atoms. The van der Waals surface area contributed by atoms with Crippen LogP contribution in [0.25, 0.3) is 55.0 Å². The maximum atomic E-state index is 6.88. The topological polar surface area (TPSA) is 16.4 Å². The van der Waals surface area contributed by atoms with Gasteiger partial charge >= 0.3 is 0 Å². The van der Waals surface area contributed by atoms with Gasteiger partial charge in [0.05, 0.1) is 11.1 Å². The molecule has 1 aromatic heterocycles. The number of anilines is 3. The molecule has 49 heavy (non-hydrogen) atoms. The molecule has 2 aliphatic rings. The molecule has 0 radical (unpaired) electrons. The maximum Gasteiger partial charge on any atom is 0.143 e. The van der Waals surface area contributed by atoms with Crippen molar-refractivity contribution >= 4 is 49.8 Å². The van der Waals surface area contributed by atoms with Gasteiger partial charge < -0.3 is 9.32 Å². The molecule has 2 nitrogen and oxygen atoms in total. The minimum Gasteiger partial charge on any atom is -0.455 e. The number of rotatable bonds is 3. The van der Waals surface area contributed by atoms with Gasteiger partial charge in [-0.25, -0.2) is 0 Å². The molecule has 0 unspecified atom stereocenters. The summed E-state index contributed by atoms with van der Waals surface area (Å²) < 4.78 is 6.88. The summed E-state index contributed by atoms with van der Waals surface area (Å²) in [5.41, 5.74) is 14.9. The second-order valence-corrected chi connectivity index (χ2v) is 13.2. The second kappa shape index (κ2) is 9.82. The molecule has 2 heteroatoms. The molecule has 0 N–H and O–H groups in total. The highest BCUT2D eigenvalue weighted by atomic mass is 16.3. The molecule has 1 spiro atoms. The minimum atomic E-state index is -0.523. The summed E-state index contributed by atoms with van der Waals surface area (Å²) in [7, 11) is 0. The quantitative estimate of drug-likeness (QED) is 0.195. The van der Waals surface area contributed by atoms with Crippen molar-refractivity contribution in [3.8, 4) is 22.3 Å². The predicted molar refractivity (Wildman–Crippen MR) is 202 cm³/mol. The number of para-hydroxylation sites is 3. The van der Waals surface area contributed by atoms with Gasteiger partial charge in [-0.15, -0.1) is 0 Å². The number of furan rings is 1. The monoisotopic (exact) mass is 623 g/mol. The number of hydrogen-bond acceptors (Lipinski definition) is 2. The lowest BCUT2D eigenvalue weighted by Gasteiger charge is -2.40. The Hall–Kier alpha value is -6.38. The third-order valence-corrected chi connectivity index (χ3v) is 10.9. The molecule has 0 saturated carbocycles. The van der Waals surface area contributed by atoms with Gasteiger partial charge in [-0.2, -0.15) is 0 Å². The summed E-state index contributed by atoms with van der Waals surface area (Å²) in [5.74, 6) is 0. The third-order valence-electron chi connectivity index (χ3n) is 10.9. The van der Waals surface area contributed by atoms with Gasteiger partial charge in [0.15, 0.2) is 0 Å². The first kappa shape index (κ1) is 26.7. The Kier molecular flexibility index (Phi) is 5.34. The highest BCUT2D eigenvalue weighted by Crippen LogP contribution is 2.63. The molecular formula is C47H29NO. The minimum absolute atomic E-state index is 0.523. The van der Waals surface area contributed by atoms with Crippen LogP contribution < -0.4 is 4.90 Å². The summed E-state index contributed by atoms with van der Waals surface area (Å²) in [5, 5.41) is 4.77. The summed E-state index contributed by atoms with van der Waals surface area (Å²) in [6.07, 6.45) is 0. The first-order valence-electron chi connectivity index (χ1n) is 16.9. The SMILES string of the molecule is c1ccc(N(c2ccccc2)c2ccc3c4c(cccc24)C2(c4ccccc4-c4ccccc42)c2ccc4c(oc5ccccc54)c2-3)cc1. The lowest BCUT2D eigenvalue weighted by molar-refractivity contribution is 0.667. The molecule has 0 saturated heterocycles. The first-order chi connectivity index (χ1) is 24.3. The Balaban J connectivity index is 1.34. The van der Waals surface area contributed by atoms with E-state index in [1.807, 2.05) is 0 Å². The maximum absolute atomic E-state index is 6.88. The van der Waals surface area contributed by atoms with E-state index in [9.17, 15) is 0 Å². The molecule has 9 aromatic rings. The Labute approximate surface area is 284 Å². The molecule has 2 aliphatic carbocycles. The summed E-state index contributed by atoms with van der Waals surface area (Å²) in [6, 6.07) is 64.1. The van der Waals surface area contributed by atoms with Crippen LogP contribution in [0.5, 0.6) is 0 Å². The lowest BCUT2D eigenvalue weighted by Crippen LogP contribution is -2.32. The molecule has 8 aromatic carbocycles. The van der Waals surface area contributed by atoms with Crippen LogP contribution >= 0.6 is 0 Å². The highest BCUT2D eigenvalue weighted by molar-refractivity contribution is 6.18. The van der Waals surface area contributed by atoms with Crippen LogP contribution in [-0.2, 0) is 5.41 Å². The number of benzene rings is 8. The molecule has 0 aliphatic heterocycles. The van der Waals surface area contributed by atoms with E-state index < -0.39 is 5.41 Å². The van der Waals surface area contributed by atoms with Crippen molar-refractivity contribution in [2.45, 2.75) is 5.41 Å². The van der Waals surface area contributed by atoms with E-state index in [1.165, 1.54) is 55.3 Å². The van der Waals surface area contributed by atoms with E-state index in [2.05, 4.69) is 181 Å². The molecule has 11 rings (SSSR count). The zero-order valence-electron chi connectivity index (χ0n) is 26.6. The zero-order chi connectivity index (χ0) is 32.1. The average Bonchev–Trinajstić information content (AvgIpc) is 3.69. The Morgan fingerprint density at radius 3 is 1.69 bits per heavy atom. The van der Waals surface area contributed by atoms with Crippen molar-refractivity contribution in [2.75, 3.05) is 4.90 Å². The van der Waals surface area contributed by atoms with Crippen LogP contribution in [0.2, 0.25) is 0 Å². The fourth-order valence-corrected chi connectivity index (χ4v) is 9.02. The largest absolute Gasteiger partial charge is 0.455 e. The Morgan fingerprint density at radius 2 is 0.980 bits per heavy atom. The van der Waals surface area contributed by atoms with Crippen molar-refractivity contribution in [3.63, 3.8) is 0 Å². The highest BCUT2D eigenvalue weighted by Gasteiger charge is 2.50. The normalized spacial score (nSPS) is 13.5. The number of nitrogens with zero attached hydrogens (tertiary/aromatic N) is 1. The van der Waals surface area contributed by atoms with E-state index in [1.54, 1.807) is 0 Å². The van der Waals surface area contributed by atoms with Crippen LogP contribution in [0.15, 0.2) is 180 Å². The van der Waals surface area contributed by atoms with Crippen molar-refractivity contribution in [3.05, 3.63) is 198 Å². The lowest BCUT2D eigenvalue weighted by atomic mass is 9.61. The van der Waals surface area contributed by atoms with E-state index in [4.69, 9.17) is 4.42 Å². The molecule has 1 heterocycles. The van der Waals surface area contributed by atoms with Gasteiger partial charge in [-0.3, -0.25) is 0 Å². The molecule has 228 valence electrons. The van der Waals surface area contributed by atoms with Crippen LogP contribution in [0.1, 0.15) is 22.3 Å². The van der Waals surface area contributed by atoms with Crippen molar-refractivity contribution in [1.29, 1.82) is 0 Å². The fourth-order valence-electron chi connectivity index (χ4n) is 9.02. The molecule has 0 fully saturated rings. The fraction of sp³-hybridized carbons (Fsp3) is 0.0213. The average molecular weight is 624 g/mol. The van der Waals surface area contributed by atoms with E-state index in [0.29, 0.717) is 0 Å². The smallest absolute Gasteiger partial charge is 0.143 e. The van der Waals surface area contributed by atoms with Crippen LogP contribution in [-0.4, -0.2) is 0 Å². The van der Waals surface area contributed by atoms with Crippen molar-refractivity contribution in [2.24, 2.45) is 0 Å². The summed E-state index contributed by atoms with van der Waals surface area (Å²) in [4.78, 5) is 2.39. The number of fused-ring (bicyclic) bond motifs is 13. The van der Waals surface area contributed by atoms with Crippen LogP contribution in [0.3, 0.4) is 0 Å². The first-order valence-corrected chi connectivity index (χ1v) is 16.9. The van der Waals surface area contributed by atoms with Crippen molar-refractivity contribution < 1.29 is 4.42 Å². The van der Waals surface area contributed by atoms with Gasteiger partial charge in [-0.1, -0.05) is 140 Å². The summed E-state index contributed by atoms with van der Waals surface area (Å²) >= 11 is 0. The molecule has 0 atom stereocenters. The zero-order valence-corrected chi connectivity index (χ0v) is 26.6. The van der Waals surface area contributed by atoms with Crippen LogP contribution in [0.4, 0.5) is 17.1 Å². The molecular weight excluding hydrogens is 595 g/mol. The second-order valence-electron chi connectivity index (χ2n) is 13.2. The Bertz CT molecular complexity index is 2690. The van der Waals surface area contributed by atoms with Gasteiger partial charge in [0.25, 0.3) is 0 Å². The summed E-state index contributed by atoms with van der Waals surface area (Å²) in [6.45, 7) is 0.